The van der Waals surface area contributed by atoms with Crippen molar-refractivity contribution in [3.8, 4) is 5.75 Å². The molecule has 1 fully saturated rings. The molecule has 0 aromatic heterocycles. The van der Waals surface area contributed by atoms with Crippen LogP contribution in [0.4, 0.5) is 5.69 Å². The van der Waals surface area contributed by atoms with Crippen LogP contribution in [-0.4, -0.2) is 63.6 Å². The van der Waals surface area contributed by atoms with Gasteiger partial charge in [-0.25, -0.2) is 4.79 Å². The van der Waals surface area contributed by atoms with Crippen molar-refractivity contribution in [2.75, 3.05) is 11.9 Å². The van der Waals surface area contributed by atoms with E-state index in [-0.39, 0.29) is 0 Å². The number of benzene rings is 2. The number of ether oxygens (including phenoxy) is 2. The van der Waals surface area contributed by atoms with Crippen molar-refractivity contribution in [3.63, 3.8) is 0 Å². The maximum atomic E-state index is 11.2. The quantitative estimate of drug-likeness (QED) is 0.520. The summed E-state index contributed by atoms with van der Waals surface area (Å²) in [6.07, 6.45) is -7.30. The van der Waals surface area contributed by atoms with E-state index in [0.717, 1.165) is 35.0 Å². The number of carbonyl (C=O) groups is 1. The average molecular weight is 361 g/mol. The maximum Gasteiger partial charge on any atom is 0.335 e. The van der Waals surface area contributed by atoms with Crippen LogP contribution < -0.4 is 10.1 Å². The molecular formula is C18H19NO7. The molecule has 5 atom stereocenters. The molecule has 0 radical (unpaired) electrons. The lowest BCUT2D eigenvalue weighted by molar-refractivity contribution is -0.270. The van der Waals surface area contributed by atoms with E-state index in [9.17, 15) is 20.1 Å². The van der Waals surface area contributed by atoms with Gasteiger partial charge in [0, 0.05) is 23.7 Å². The zero-order chi connectivity index (χ0) is 18.4. The molecule has 0 unspecified atom stereocenters. The van der Waals surface area contributed by atoms with Crippen molar-refractivity contribution < 1.29 is 34.7 Å². The summed E-state index contributed by atoms with van der Waals surface area (Å²) < 4.78 is 11.0. The highest BCUT2D eigenvalue weighted by Crippen LogP contribution is 2.38. The normalized spacial score (nSPS) is 30.7. The van der Waals surface area contributed by atoms with Crippen LogP contribution in [-0.2, 0) is 16.0 Å². The SMILES string of the molecule is O=C(O)[C@H]1O[C@@H](Oc2cc3c(c4ccccc24)CCN3)[C@H](O)[C@@H](O)[C@@H]1O. The molecule has 4 rings (SSSR count). The van der Waals surface area contributed by atoms with Gasteiger partial charge in [0.25, 0.3) is 0 Å². The molecule has 0 bridgehead atoms. The number of anilines is 1. The van der Waals surface area contributed by atoms with E-state index in [1.54, 1.807) is 6.07 Å². The molecule has 0 amide bonds. The molecule has 2 aliphatic rings. The Balaban J connectivity index is 1.71. The van der Waals surface area contributed by atoms with Crippen molar-refractivity contribution in [2.45, 2.75) is 37.1 Å². The third kappa shape index (κ3) is 2.67. The van der Waals surface area contributed by atoms with E-state index < -0.39 is 36.7 Å². The topological polar surface area (TPSA) is 128 Å². The van der Waals surface area contributed by atoms with Crippen LogP contribution in [0.1, 0.15) is 5.56 Å². The maximum absolute atomic E-state index is 11.2. The van der Waals surface area contributed by atoms with Crippen LogP contribution >= 0.6 is 0 Å². The number of rotatable bonds is 3. The molecular weight excluding hydrogens is 342 g/mol. The van der Waals surface area contributed by atoms with Gasteiger partial charge in [-0.15, -0.1) is 0 Å². The molecule has 2 aliphatic heterocycles. The summed E-state index contributed by atoms with van der Waals surface area (Å²) in [4.78, 5) is 11.2. The summed E-state index contributed by atoms with van der Waals surface area (Å²) in [7, 11) is 0. The predicted molar refractivity (Wildman–Crippen MR) is 91.1 cm³/mol. The van der Waals surface area contributed by atoms with Crippen molar-refractivity contribution in [2.24, 2.45) is 0 Å². The number of aliphatic carboxylic acids is 1. The first-order valence-electron chi connectivity index (χ1n) is 8.35. The number of nitrogens with one attached hydrogen (secondary N) is 1. The van der Waals surface area contributed by atoms with Crippen LogP contribution in [0.2, 0.25) is 0 Å². The Labute approximate surface area is 148 Å². The third-order valence-corrected chi connectivity index (χ3v) is 4.86. The number of fused-ring (bicyclic) bond motifs is 3. The van der Waals surface area contributed by atoms with Gasteiger partial charge >= 0.3 is 5.97 Å². The third-order valence-electron chi connectivity index (χ3n) is 4.86. The number of carboxylic acid groups (broad SMARTS) is 1. The van der Waals surface area contributed by atoms with Crippen molar-refractivity contribution in [1.29, 1.82) is 0 Å². The molecule has 8 heteroatoms. The lowest BCUT2D eigenvalue weighted by Gasteiger charge is -2.38. The number of aliphatic hydroxyl groups is 3. The fourth-order valence-electron chi connectivity index (χ4n) is 3.52. The molecule has 2 aromatic carbocycles. The van der Waals surface area contributed by atoms with E-state index in [2.05, 4.69) is 5.32 Å². The first kappa shape index (κ1) is 17.0. The van der Waals surface area contributed by atoms with Gasteiger partial charge in [-0.1, -0.05) is 24.3 Å². The second-order valence-electron chi connectivity index (χ2n) is 6.48. The van der Waals surface area contributed by atoms with Crippen molar-refractivity contribution in [3.05, 3.63) is 35.9 Å². The number of aliphatic hydroxyl groups excluding tert-OH is 3. The van der Waals surface area contributed by atoms with E-state index in [1.807, 2.05) is 24.3 Å². The largest absolute Gasteiger partial charge is 0.479 e. The first-order valence-corrected chi connectivity index (χ1v) is 8.35. The molecule has 0 spiro atoms. The molecule has 8 nitrogen and oxygen atoms in total. The molecule has 2 heterocycles. The van der Waals surface area contributed by atoms with Crippen LogP contribution in [0.3, 0.4) is 0 Å². The summed E-state index contributed by atoms with van der Waals surface area (Å²) in [5.74, 6) is -1.05. The first-order chi connectivity index (χ1) is 12.5. The molecule has 0 saturated carbocycles. The molecule has 2 aromatic rings. The van der Waals surface area contributed by atoms with Gasteiger partial charge < -0.3 is 35.2 Å². The van der Waals surface area contributed by atoms with Gasteiger partial charge in [0.05, 0.1) is 0 Å². The minimum atomic E-state index is -1.75. The summed E-state index contributed by atoms with van der Waals surface area (Å²) in [6, 6.07) is 9.36. The highest BCUT2D eigenvalue weighted by atomic mass is 16.7. The van der Waals surface area contributed by atoms with Crippen LogP contribution in [0.25, 0.3) is 10.8 Å². The van der Waals surface area contributed by atoms with Crippen LogP contribution in [0.15, 0.2) is 30.3 Å². The van der Waals surface area contributed by atoms with Crippen LogP contribution in [0, 0.1) is 0 Å². The lowest BCUT2D eigenvalue weighted by atomic mass is 9.98. The summed E-state index contributed by atoms with van der Waals surface area (Å²) in [5.41, 5.74) is 2.07. The Morgan fingerprint density at radius 3 is 2.58 bits per heavy atom. The van der Waals surface area contributed by atoms with Crippen molar-refractivity contribution >= 4 is 22.4 Å². The molecule has 1 saturated heterocycles. The van der Waals surface area contributed by atoms with E-state index in [4.69, 9.17) is 14.6 Å². The van der Waals surface area contributed by atoms with Gasteiger partial charge in [-0.05, 0) is 17.4 Å². The zero-order valence-electron chi connectivity index (χ0n) is 13.7. The van der Waals surface area contributed by atoms with Crippen LogP contribution in [0.5, 0.6) is 5.75 Å². The minimum absolute atomic E-state index is 0.394. The second kappa shape index (κ2) is 6.40. The van der Waals surface area contributed by atoms with Gasteiger partial charge in [0.2, 0.25) is 6.29 Å². The van der Waals surface area contributed by atoms with E-state index >= 15 is 0 Å². The Hall–Kier alpha value is -2.39. The molecule has 138 valence electrons. The van der Waals surface area contributed by atoms with E-state index in [0.29, 0.717) is 5.75 Å². The number of hydrogen-bond acceptors (Lipinski definition) is 7. The number of carboxylic acids is 1. The monoisotopic (exact) mass is 361 g/mol. The average Bonchev–Trinajstić information content (AvgIpc) is 3.10. The molecule has 26 heavy (non-hydrogen) atoms. The molecule has 0 aliphatic carbocycles. The van der Waals surface area contributed by atoms with Gasteiger partial charge in [-0.2, -0.15) is 0 Å². The predicted octanol–water partition coefficient (Wildman–Crippen LogP) is 0.0788. The smallest absolute Gasteiger partial charge is 0.335 e. The van der Waals surface area contributed by atoms with Gasteiger partial charge in [-0.3, -0.25) is 0 Å². The lowest BCUT2D eigenvalue weighted by Crippen LogP contribution is -2.61. The molecule has 5 N–H and O–H groups in total. The minimum Gasteiger partial charge on any atom is -0.479 e. The Morgan fingerprint density at radius 2 is 1.85 bits per heavy atom. The fourth-order valence-corrected chi connectivity index (χ4v) is 3.52. The highest BCUT2D eigenvalue weighted by molar-refractivity contribution is 5.96. The Kier molecular flexibility index (Phi) is 4.20. The van der Waals surface area contributed by atoms with Crippen molar-refractivity contribution in [1.82, 2.24) is 0 Å². The Morgan fingerprint density at radius 1 is 1.12 bits per heavy atom. The van der Waals surface area contributed by atoms with E-state index in [1.165, 1.54) is 0 Å². The fraction of sp³-hybridized carbons (Fsp3) is 0.389. The highest BCUT2D eigenvalue weighted by Gasteiger charge is 2.48. The zero-order valence-corrected chi connectivity index (χ0v) is 13.7. The summed E-state index contributed by atoms with van der Waals surface area (Å²) >= 11 is 0. The van der Waals surface area contributed by atoms with Gasteiger partial charge in [0.1, 0.15) is 24.1 Å². The number of hydrogen-bond donors (Lipinski definition) is 5. The standard InChI is InChI=1S/C18H19NO7/c20-13-14(21)16(17(23)24)26-18(15(13)22)25-12-7-11-9(5-6-19-11)8-3-1-2-4-10(8)12/h1-4,7,13-16,18-22H,5-6H2,(H,23,24)/t13-,14-,15+,16-,18+/m0/s1. The second-order valence-corrected chi connectivity index (χ2v) is 6.48. The summed E-state index contributed by atoms with van der Waals surface area (Å²) in [5, 5.41) is 44.1. The summed E-state index contributed by atoms with van der Waals surface area (Å²) in [6.45, 7) is 0.803. The van der Waals surface area contributed by atoms with Gasteiger partial charge in [0.15, 0.2) is 6.10 Å². The Bertz CT molecular complexity index is 855.